The minimum atomic E-state index is -0.0574. The van der Waals surface area contributed by atoms with Crippen molar-refractivity contribution in [1.29, 1.82) is 0 Å². The maximum Gasteiger partial charge on any atom is 0.254 e. The van der Waals surface area contributed by atoms with Crippen molar-refractivity contribution in [2.24, 2.45) is 0 Å². The van der Waals surface area contributed by atoms with Gasteiger partial charge in [-0.15, -0.1) is 0 Å². The first-order valence-electron chi connectivity index (χ1n) is 10.7. The molecule has 170 valence electrons. The molecule has 2 aromatic carbocycles. The molecular weight excluding hydrogens is 406 g/mol. The number of nitrogens with one attached hydrogen (secondary N) is 1. The Morgan fingerprint density at radius 2 is 1.84 bits per heavy atom. The van der Waals surface area contributed by atoms with Crippen molar-refractivity contribution in [3.8, 4) is 11.5 Å². The molecule has 1 saturated heterocycles. The molecule has 1 N–H and O–H groups in total. The standard InChI is InChI=1S/C25H31N3O4/c1-5-15-32-22-10-9-20(16-23(22)31-4)25(30)28-13-11-27(12-14-28)17-24(29)26-21-8-6-7-18(2)19(21)3/h5-10,16H,1,11-15,17H2,2-4H3,(H,26,29). The number of piperazine rings is 1. The molecule has 1 heterocycles. The smallest absolute Gasteiger partial charge is 0.254 e. The second-order valence-electron chi connectivity index (χ2n) is 7.83. The highest BCUT2D eigenvalue weighted by Crippen LogP contribution is 2.28. The maximum atomic E-state index is 12.9. The molecule has 0 atom stereocenters. The lowest BCUT2D eigenvalue weighted by Crippen LogP contribution is -2.50. The topological polar surface area (TPSA) is 71.1 Å². The fourth-order valence-electron chi connectivity index (χ4n) is 3.64. The van der Waals surface area contributed by atoms with E-state index in [1.165, 1.54) is 0 Å². The second kappa shape index (κ2) is 10.8. The first-order valence-corrected chi connectivity index (χ1v) is 10.7. The van der Waals surface area contributed by atoms with Crippen LogP contribution in [0.4, 0.5) is 5.69 Å². The Hall–Kier alpha value is -3.32. The quantitative estimate of drug-likeness (QED) is 0.642. The number of rotatable bonds is 8. The van der Waals surface area contributed by atoms with E-state index in [4.69, 9.17) is 9.47 Å². The van der Waals surface area contributed by atoms with Crippen LogP contribution in [0.2, 0.25) is 0 Å². The lowest BCUT2D eigenvalue weighted by atomic mass is 10.1. The van der Waals surface area contributed by atoms with Gasteiger partial charge in [-0.05, 0) is 49.2 Å². The zero-order chi connectivity index (χ0) is 23.1. The molecule has 0 unspecified atom stereocenters. The van der Waals surface area contributed by atoms with Crippen molar-refractivity contribution in [2.75, 3.05) is 51.8 Å². The summed E-state index contributed by atoms with van der Waals surface area (Å²) in [7, 11) is 1.55. The van der Waals surface area contributed by atoms with E-state index in [0.29, 0.717) is 56.4 Å². The Morgan fingerprint density at radius 1 is 1.09 bits per heavy atom. The summed E-state index contributed by atoms with van der Waals surface area (Å²) >= 11 is 0. The zero-order valence-electron chi connectivity index (χ0n) is 19.0. The van der Waals surface area contributed by atoms with Crippen LogP contribution in [0.15, 0.2) is 49.1 Å². The van der Waals surface area contributed by atoms with Gasteiger partial charge in [-0.25, -0.2) is 0 Å². The van der Waals surface area contributed by atoms with E-state index < -0.39 is 0 Å². The fraction of sp³-hybridized carbons (Fsp3) is 0.360. The van der Waals surface area contributed by atoms with Gasteiger partial charge < -0.3 is 19.7 Å². The molecule has 7 heteroatoms. The van der Waals surface area contributed by atoms with Crippen LogP contribution in [0.3, 0.4) is 0 Å². The van der Waals surface area contributed by atoms with Gasteiger partial charge in [0.15, 0.2) is 11.5 Å². The fourth-order valence-corrected chi connectivity index (χ4v) is 3.64. The Morgan fingerprint density at radius 3 is 2.53 bits per heavy atom. The van der Waals surface area contributed by atoms with Crippen molar-refractivity contribution < 1.29 is 19.1 Å². The lowest BCUT2D eigenvalue weighted by molar-refractivity contribution is -0.117. The van der Waals surface area contributed by atoms with Gasteiger partial charge in [0.05, 0.1) is 13.7 Å². The summed E-state index contributed by atoms with van der Waals surface area (Å²) in [5.41, 5.74) is 3.62. The van der Waals surface area contributed by atoms with Gasteiger partial charge in [-0.3, -0.25) is 14.5 Å². The number of hydrogen-bond donors (Lipinski definition) is 1. The largest absolute Gasteiger partial charge is 0.493 e. The van der Waals surface area contributed by atoms with E-state index in [-0.39, 0.29) is 11.8 Å². The molecule has 1 aliphatic heterocycles. The molecule has 2 aromatic rings. The van der Waals surface area contributed by atoms with E-state index in [1.54, 1.807) is 36.3 Å². The highest BCUT2D eigenvalue weighted by Gasteiger charge is 2.24. The highest BCUT2D eigenvalue weighted by atomic mass is 16.5. The molecule has 1 fully saturated rings. The summed E-state index contributed by atoms with van der Waals surface area (Å²) in [6.45, 7) is 10.7. The Kier molecular flexibility index (Phi) is 7.89. The van der Waals surface area contributed by atoms with Crippen molar-refractivity contribution in [3.63, 3.8) is 0 Å². The number of carbonyl (C=O) groups excluding carboxylic acids is 2. The van der Waals surface area contributed by atoms with Gasteiger partial charge in [0.2, 0.25) is 5.91 Å². The first kappa shape index (κ1) is 23.3. The molecule has 32 heavy (non-hydrogen) atoms. The number of aryl methyl sites for hydroxylation is 1. The summed E-state index contributed by atoms with van der Waals surface area (Å²) < 4.78 is 10.9. The van der Waals surface area contributed by atoms with E-state index in [9.17, 15) is 9.59 Å². The van der Waals surface area contributed by atoms with Crippen LogP contribution in [0.1, 0.15) is 21.5 Å². The van der Waals surface area contributed by atoms with Crippen LogP contribution < -0.4 is 14.8 Å². The summed E-state index contributed by atoms with van der Waals surface area (Å²) in [5.74, 6) is 0.986. The van der Waals surface area contributed by atoms with Gasteiger partial charge in [0.25, 0.3) is 5.91 Å². The number of carbonyl (C=O) groups is 2. The Labute approximate surface area is 189 Å². The Balaban J connectivity index is 1.53. The average molecular weight is 438 g/mol. The van der Waals surface area contributed by atoms with E-state index >= 15 is 0 Å². The molecule has 0 aliphatic carbocycles. The average Bonchev–Trinajstić information content (AvgIpc) is 2.80. The Bertz CT molecular complexity index is 981. The number of anilines is 1. The number of benzene rings is 2. The first-order chi connectivity index (χ1) is 15.4. The summed E-state index contributed by atoms with van der Waals surface area (Å²) in [6.07, 6.45) is 1.65. The number of amides is 2. The van der Waals surface area contributed by atoms with Gasteiger partial charge >= 0.3 is 0 Å². The van der Waals surface area contributed by atoms with Crippen LogP contribution in [0.5, 0.6) is 11.5 Å². The zero-order valence-corrected chi connectivity index (χ0v) is 19.0. The predicted octanol–water partition coefficient (Wildman–Crippen LogP) is 3.27. The van der Waals surface area contributed by atoms with Gasteiger partial charge in [0.1, 0.15) is 6.61 Å². The third kappa shape index (κ3) is 5.68. The van der Waals surface area contributed by atoms with Crippen molar-refractivity contribution in [1.82, 2.24) is 9.80 Å². The summed E-state index contributed by atoms with van der Waals surface area (Å²) in [4.78, 5) is 29.3. The molecule has 0 bridgehead atoms. The number of ether oxygens (including phenoxy) is 2. The second-order valence-corrected chi connectivity index (χ2v) is 7.83. The summed E-state index contributed by atoms with van der Waals surface area (Å²) in [5, 5.41) is 3.00. The van der Waals surface area contributed by atoms with Crippen LogP contribution >= 0.6 is 0 Å². The molecule has 0 spiro atoms. The van der Waals surface area contributed by atoms with E-state index in [1.807, 2.05) is 32.0 Å². The van der Waals surface area contributed by atoms with Crippen LogP contribution in [-0.2, 0) is 4.79 Å². The normalized spacial score (nSPS) is 14.0. The highest BCUT2D eigenvalue weighted by molar-refractivity contribution is 5.95. The molecule has 0 saturated carbocycles. The molecule has 1 aliphatic rings. The van der Waals surface area contributed by atoms with E-state index in [2.05, 4.69) is 16.8 Å². The predicted molar refractivity (Wildman–Crippen MR) is 126 cm³/mol. The van der Waals surface area contributed by atoms with Crippen molar-refractivity contribution >= 4 is 17.5 Å². The number of hydrogen-bond acceptors (Lipinski definition) is 5. The molecular formula is C25H31N3O4. The van der Waals surface area contributed by atoms with Crippen LogP contribution in [0.25, 0.3) is 0 Å². The minimum Gasteiger partial charge on any atom is -0.493 e. The SMILES string of the molecule is C=CCOc1ccc(C(=O)N2CCN(CC(=O)Nc3cccc(C)c3C)CC2)cc1OC. The van der Waals surface area contributed by atoms with Crippen molar-refractivity contribution in [2.45, 2.75) is 13.8 Å². The van der Waals surface area contributed by atoms with Gasteiger partial charge in [-0.1, -0.05) is 24.8 Å². The molecule has 0 radical (unpaired) electrons. The maximum absolute atomic E-state index is 12.9. The van der Waals surface area contributed by atoms with Crippen LogP contribution in [0, 0.1) is 13.8 Å². The molecule has 3 rings (SSSR count). The number of methoxy groups -OCH3 is 1. The van der Waals surface area contributed by atoms with Crippen LogP contribution in [-0.4, -0.2) is 68.1 Å². The molecule has 2 amide bonds. The number of nitrogens with zero attached hydrogens (tertiary/aromatic N) is 2. The van der Waals surface area contributed by atoms with Gasteiger partial charge in [0, 0.05) is 37.4 Å². The molecule has 7 nitrogen and oxygen atoms in total. The van der Waals surface area contributed by atoms with E-state index in [0.717, 1.165) is 16.8 Å². The lowest BCUT2D eigenvalue weighted by Gasteiger charge is -2.34. The van der Waals surface area contributed by atoms with Gasteiger partial charge in [-0.2, -0.15) is 0 Å². The molecule has 0 aromatic heterocycles. The third-order valence-corrected chi connectivity index (χ3v) is 5.67. The monoisotopic (exact) mass is 437 g/mol. The van der Waals surface area contributed by atoms with Crippen molar-refractivity contribution in [3.05, 3.63) is 65.7 Å². The minimum absolute atomic E-state index is 0.0432. The third-order valence-electron chi connectivity index (χ3n) is 5.67. The summed E-state index contributed by atoms with van der Waals surface area (Å²) in [6, 6.07) is 11.1.